The minimum Gasteiger partial charge on any atom is -0.399 e. The molecule has 110 valence electrons. The van der Waals surface area contributed by atoms with Crippen LogP contribution in [0.3, 0.4) is 0 Å². The lowest BCUT2D eigenvalue weighted by atomic mass is 9.92. The standard InChI is InChI=1S/C15H21FN2O2/c1-9-7-12(17)8-13(14(9)16)15(19)18-10(2)11-3-5-20-6-4-11/h7-8,10-11H,3-6,17H2,1-2H3,(H,18,19). The van der Waals surface area contributed by atoms with Crippen molar-refractivity contribution in [1.29, 1.82) is 0 Å². The molecule has 1 heterocycles. The van der Waals surface area contributed by atoms with Crippen LogP contribution in [0.4, 0.5) is 10.1 Å². The number of carbonyl (C=O) groups is 1. The van der Waals surface area contributed by atoms with Crippen molar-refractivity contribution >= 4 is 11.6 Å². The van der Waals surface area contributed by atoms with E-state index >= 15 is 0 Å². The highest BCUT2D eigenvalue weighted by Gasteiger charge is 2.23. The molecule has 0 spiro atoms. The third-order valence-electron chi connectivity index (χ3n) is 3.85. The molecule has 1 atom stereocenters. The molecule has 20 heavy (non-hydrogen) atoms. The average molecular weight is 280 g/mol. The zero-order valence-electron chi connectivity index (χ0n) is 11.9. The highest BCUT2D eigenvalue weighted by atomic mass is 19.1. The summed E-state index contributed by atoms with van der Waals surface area (Å²) in [6, 6.07) is 2.90. The van der Waals surface area contributed by atoms with E-state index in [0.717, 1.165) is 26.1 Å². The van der Waals surface area contributed by atoms with Gasteiger partial charge in [0, 0.05) is 24.9 Å². The molecule has 0 aliphatic carbocycles. The van der Waals surface area contributed by atoms with Gasteiger partial charge < -0.3 is 15.8 Å². The maximum atomic E-state index is 14.0. The van der Waals surface area contributed by atoms with Crippen molar-refractivity contribution in [2.75, 3.05) is 18.9 Å². The molecule has 1 aliphatic heterocycles. The van der Waals surface area contributed by atoms with Crippen molar-refractivity contribution in [2.45, 2.75) is 32.7 Å². The number of hydrogen-bond acceptors (Lipinski definition) is 3. The molecular weight excluding hydrogens is 259 g/mol. The van der Waals surface area contributed by atoms with Crippen LogP contribution in [-0.4, -0.2) is 25.2 Å². The largest absolute Gasteiger partial charge is 0.399 e. The van der Waals surface area contributed by atoms with Crippen LogP contribution in [0.5, 0.6) is 0 Å². The summed E-state index contributed by atoms with van der Waals surface area (Å²) in [7, 11) is 0. The van der Waals surface area contributed by atoms with Crippen LogP contribution in [-0.2, 0) is 4.74 Å². The molecule has 4 nitrogen and oxygen atoms in total. The number of benzene rings is 1. The van der Waals surface area contributed by atoms with Crippen LogP contribution in [0.15, 0.2) is 12.1 Å². The first-order valence-electron chi connectivity index (χ1n) is 6.93. The Hall–Kier alpha value is -1.62. The predicted molar refractivity (Wildman–Crippen MR) is 76.0 cm³/mol. The normalized spacial score (nSPS) is 17.8. The zero-order chi connectivity index (χ0) is 14.7. The molecule has 0 bridgehead atoms. The molecule has 1 aliphatic rings. The minimum absolute atomic E-state index is 0.00691. The first-order chi connectivity index (χ1) is 9.49. The van der Waals surface area contributed by atoms with E-state index < -0.39 is 11.7 Å². The lowest BCUT2D eigenvalue weighted by Gasteiger charge is -2.28. The summed E-state index contributed by atoms with van der Waals surface area (Å²) in [6.45, 7) is 4.99. The Morgan fingerprint density at radius 1 is 1.45 bits per heavy atom. The van der Waals surface area contributed by atoms with Gasteiger partial charge in [0.1, 0.15) is 5.82 Å². The van der Waals surface area contributed by atoms with E-state index in [1.54, 1.807) is 6.92 Å². The summed E-state index contributed by atoms with van der Waals surface area (Å²) in [5.74, 6) is -0.536. The number of rotatable bonds is 3. The van der Waals surface area contributed by atoms with Crippen molar-refractivity contribution in [3.8, 4) is 0 Å². The number of nitrogen functional groups attached to an aromatic ring is 1. The molecule has 5 heteroatoms. The van der Waals surface area contributed by atoms with Crippen LogP contribution in [0.1, 0.15) is 35.7 Å². The second-order valence-electron chi connectivity index (χ2n) is 5.41. The van der Waals surface area contributed by atoms with Crippen molar-refractivity contribution in [3.05, 3.63) is 29.1 Å². The lowest BCUT2D eigenvalue weighted by Crippen LogP contribution is -2.40. The minimum atomic E-state index is -0.504. The number of amides is 1. The number of hydrogen-bond donors (Lipinski definition) is 2. The molecular formula is C15H21FN2O2. The van der Waals surface area contributed by atoms with E-state index in [2.05, 4.69) is 5.32 Å². The summed E-state index contributed by atoms with van der Waals surface area (Å²) >= 11 is 0. The highest BCUT2D eigenvalue weighted by Crippen LogP contribution is 2.20. The van der Waals surface area contributed by atoms with Crippen LogP contribution in [0.2, 0.25) is 0 Å². The van der Waals surface area contributed by atoms with Crippen molar-refractivity contribution in [1.82, 2.24) is 5.32 Å². The maximum Gasteiger partial charge on any atom is 0.254 e. The number of aryl methyl sites for hydroxylation is 1. The second kappa shape index (κ2) is 6.22. The highest BCUT2D eigenvalue weighted by molar-refractivity contribution is 5.95. The van der Waals surface area contributed by atoms with Crippen LogP contribution >= 0.6 is 0 Å². The summed E-state index contributed by atoms with van der Waals surface area (Å²) in [5, 5.41) is 2.87. The van der Waals surface area contributed by atoms with E-state index in [-0.39, 0.29) is 11.6 Å². The number of nitrogens with one attached hydrogen (secondary N) is 1. The van der Waals surface area contributed by atoms with E-state index in [9.17, 15) is 9.18 Å². The van der Waals surface area contributed by atoms with E-state index in [4.69, 9.17) is 10.5 Å². The average Bonchev–Trinajstić information content (AvgIpc) is 2.43. The third-order valence-corrected chi connectivity index (χ3v) is 3.85. The fourth-order valence-electron chi connectivity index (χ4n) is 2.58. The molecule has 1 amide bonds. The first kappa shape index (κ1) is 14.8. The number of halogens is 1. The number of anilines is 1. The van der Waals surface area contributed by atoms with E-state index in [1.165, 1.54) is 12.1 Å². The summed E-state index contributed by atoms with van der Waals surface area (Å²) < 4.78 is 19.3. The predicted octanol–water partition coefficient (Wildman–Crippen LogP) is 2.26. The topological polar surface area (TPSA) is 64.4 Å². The number of carbonyl (C=O) groups excluding carboxylic acids is 1. The van der Waals surface area contributed by atoms with Gasteiger partial charge in [-0.3, -0.25) is 4.79 Å². The molecule has 1 unspecified atom stereocenters. The van der Waals surface area contributed by atoms with Crippen LogP contribution in [0, 0.1) is 18.7 Å². The Balaban J connectivity index is 2.08. The second-order valence-corrected chi connectivity index (χ2v) is 5.41. The Labute approximate surface area is 118 Å². The molecule has 0 aromatic heterocycles. The van der Waals surface area contributed by atoms with Gasteiger partial charge in [-0.25, -0.2) is 4.39 Å². The monoisotopic (exact) mass is 280 g/mol. The van der Waals surface area contributed by atoms with Crippen molar-refractivity contribution in [2.24, 2.45) is 5.92 Å². The first-order valence-corrected chi connectivity index (χ1v) is 6.93. The van der Waals surface area contributed by atoms with E-state index in [1.807, 2.05) is 6.92 Å². The van der Waals surface area contributed by atoms with Gasteiger partial charge in [0.05, 0.1) is 5.56 Å². The Bertz CT molecular complexity index is 499. The molecule has 0 radical (unpaired) electrons. The maximum absolute atomic E-state index is 14.0. The molecule has 1 fully saturated rings. The van der Waals surface area contributed by atoms with Gasteiger partial charge in [0.2, 0.25) is 0 Å². The molecule has 3 N–H and O–H groups in total. The molecule has 0 saturated carbocycles. The molecule has 1 saturated heterocycles. The van der Waals surface area contributed by atoms with Crippen LogP contribution < -0.4 is 11.1 Å². The fraction of sp³-hybridized carbons (Fsp3) is 0.533. The fourth-order valence-corrected chi connectivity index (χ4v) is 2.58. The number of nitrogens with two attached hydrogens (primary N) is 1. The lowest BCUT2D eigenvalue weighted by molar-refractivity contribution is 0.0537. The number of ether oxygens (including phenoxy) is 1. The van der Waals surface area contributed by atoms with Gasteiger partial charge in [0.25, 0.3) is 5.91 Å². The van der Waals surface area contributed by atoms with Gasteiger partial charge in [-0.2, -0.15) is 0 Å². The molecule has 1 aromatic rings. The molecule has 1 aromatic carbocycles. The van der Waals surface area contributed by atoms with Gasteiger partial charge in [-0.05, 0) is 50.3 Å². The van der Waals surface area contributed by atoms with Gasteiger partial charge in [0.15, 0.2) is 0 Å². The third kappa shape index (κ3) is 3.28. The Kier molecular flexibility index (Phi) is 4.60. The van der Waals surface area contributed by atoms with Crippen LogP contribution in [0.25, 0.3) is 0 Å². The van der Waals surface area contributed by atoms with Gasteiger partial charge >= 0.3 is 0 Å². The SMILES string of the molecule is Cc1cc(N)cc(C(=O)NC(C)C2CCOCC2)c1F. The van der Waals surface area contributed by atoms with Gasteiger partial charge in [-0.1, -0.05) is 0 Å². The van der Waals surface area contributed by atoms with Crippen molar-refractivity contribution in [3.63, 3.8) is 0 Å². The summed E-state index contributed by atoms with van der Waals surface area (Å²) in [5.41, 5.74) is 6.47. The smallest absolute Gasteiger partial charge is 0.254 e. The Morgan fingerprint density at radius 2 is 2.10 bits per heavy atom. The van der Waals surface area contributed by atoms with Gasteiger partial charge in [-0.15, -0.1) is 0 Å². The quantitative estimate of drug-likeness (QED) is 0.835. The Morgan fingerprint density at radius 3 is 2.75 bits per heavy atom. The van der Waals surface area contributed by atoms with E-state index in [0.29, 0.717) is 17.2 Å². The summed E-state index contributed by atoms with van der Waals surface area (Å²) in [4.78, 5) is 12.2. The molecule has 2 rings (SSSR count). The zero-order valence-corrected chi connectivity index (χ0v) is 11.9. The van der Waals surface area contributed by atoms with Crippen molar-refractivity contribution < 1.29 is 13.9 Å². The summed E-state index contributed by atoms with van der Waals surface area (Å²) in [6.07, 6.45) is 1.83.